The Kier molecular flexibility index (Phi) is 1.62. The second-order valence-corrected chi connectivity index (χ2v) is 2.69. The van der Waals surface area contributed by atoms with Crippen molar-refractivity contribution in [2.45, 2.75) is 30.9 Å². The van der Waals surface area contributed by atoms with Gasteiger partial charge in [-0.2, -0.15) is 0 Å². The quantitative estimate of drug-likeness (QED) is 0.456. The molecule has 0 aromatic heterocycles. The molecule has 5 atom stereocenters. The van der Waals surface area contributed by atoms with Crippen LogP contribution in [0.25, 0.3) is 0 Å². The number of ether oxygens (including phenoxy) is 3. The molecular weight excluding hydrogens is 152 g/mol. The van der Waals surface area contributed by atoms with Gasteiger partial charge in [-0.25, -0.2) is 0 Å². The van der Waals surface area contributed by atoms with Crippen LogP contribution in [0.1, 0.15) is 0 Å². The van der Waals surface area contributed by atoms with Crippen molar-refractivity contribution < 1.29 is 24.4 Å². The summed E-state index contributed by atoms with van der Waals surface area (Å²) in [6, 6.07) is 0. The third kappa shape index (κ3) is 1.05. The summed E-state index contributed by atoms with van der Waals surface area (Å²) < 4.78 is 14.7. The molecule has 2 aliphatic rings. The molecule has 2 aliphatic heterocycles. The van der Waals surface area contributed by atoms with Gasteiger partial charge in [-0.3, -0.25) is 0 Å². The Morgan fingerprint density at radius 3 is 2.55 bits per heavy atom. The molecule has 5 heteroatoms. The van der Waals surface area contributed by atoms with Gasteiger partial charge in [0.15, 0.2) is 12.6 Å². The number of hydrogen-bond acceptors (Lipinski definition) is 5. The summed E-state index contributed by atoms with van der Waals surface area (Å²) in [6.07, 6.45) is -3.43. The minimum absolute atomic E-state index is 0.364. The first kappa shape index (κ1) is 7.45. The van der Waals surface area contributed by atoms with Crippen molar-refractivity contribution in [3.63, 3.8) is 0 Å². The van der Waals surface area contributed by atoms with Crippen LogP contribution in [0.3, 0.4) is 0 Å². The third-order valence-corrected chi connectivity index (χ3v) is 1.95. The zero-order valence-corrected chi connectivity index (χ0v) is 6.01. The second kappa shape index (κ2) is 2.40. The van der Waals surface area contributed by atoms with Gasteiger partial charge < -0.3 is 24.4 Å². The highest BCUT2D eigenvalue weighted by Gasteiger charge is 2.56. The maximum Gasteiger partial charge on any atom is 0.190 e. The molecule has 2 saturated heterocycles. The third-order valence-electron chi connectivity index (χ3n) is 1.95. The maximum atomic E-state index is 9.25. The van der Waals surface area contributed by atoms with E-state index >= 15 is 0 Å². The summed E-state index contributed by atoms with van der Waals surface area (Å²) >= 11 is 0. The molecule has 64 valence electrons. The van der Waals surface area contributed by atoms with Crippen LogP contribution in [0, 0.1) is 0 Å². The predicted octanol–water partition coefficient (Wildman–Crippen LogP) is -1.56. The Balaban J connectivity index is 2.03. The van der Waals surface area contributed by atoms with E-state index in [9.17, 15) is 10.2 Å². The lowest BCUT2D eigenvalue weighted by molar-refractivity contribution is -0.232. The SMILES string of the molecule is CO[C@@H]1OC2O[C@@H]2C(O)C1O. The fraction of sp³-hybridized carbons (Fsp3) is 1.00. The van der Waals surface area contributed by atoms with Crippen molar-refractivity contribution >= 4 is 0 Å². The van der Waals surface area contributed by atoms with E-state index in [-0.39, 0.29) is 6.10 Å². The van der Waals surface area contributed by atoms with Gasteiger partial charge in [-0.15, -0.1) is 0 Å². The van der Waals surface area contributed by atoms with Crippen LogP contribution in [0.2, 0.25) is 0 Å². The van der Waals surface area contributed by atoms with Gasteiger partial charge in [0.25, 0.3) is 0 Å². The molecular formula is C6H10O5. The van der Waals surface area contributed by atoms with Crippen molar-refractivity contribution in [1.82, 2.24) is 0 Å². The van der Waals surface area contributed by atoms with Crippen LogP contribution in [-0.2, 0) is 14.2 Å². The van der Waals surface area contributed by atoms with Crippen molar-refractivity contribution in [2.75, 3.05) is 7.11 Å². The van der Waals surface area contributed by atoms with E-state index in [4.69, 9.17) is 14.2 Å². The number of aliphatic hydroxyl groups is 2. The van der Waals surface area contributed by atoms with Crippen molar-refractivity contribution in [3.05, 3.63) is 0 Å². The first-order valence-corrected chi connectivity index (χ1v) is 3.44. The zero-order chi connectivity index (χ0) is 8.01. The standard InChI is InChI=1S/C6H10O5/c1-9-5-3(8)2(7)4-6(10-4)11-5/h2-8H,1H3/t2?,3?,4-,5-,6?/m1/s1. The minimum Gasteiger partial charge on any atom is -0.387 e. The second-order valence-electron chi connectivity index (χ2n) is 2.69. The molecule has 2 rings (SSSR count). The summed E-state index contributed by atoms with van der Waals surface area (Å²) in [6.45, 7) is 0. The normalized spacial score (nSPS) is 55.4. The van der Waals surface area contributed by atoms with Gasteiger partial charge in [0, 0.05) is 7.11 Å². The van der Waals surface area contributed by atoms with Crippen LogP contribution in [0.4, 0.5) is 0 Å². The van der Waals surface area contributed by atoms with Gasteiger partial charge in [-0.05, 0) is 0 Å². The molecule has 2 N–H and O–H groups in total. The van der Waals surface area contributed by atoms with Gasteiger partial charge in [0.05, 0.1) is 0 Å². The molecule has 11 heavy (non-hydrogen) atoms. The highest BCUT2D eigenvalue weighted by molar-refractivity contribution is 4.94. The molecule has 2 fully saturated rings. The minimum atomic E-state index is -1.01. The fourth-order valence-electron chi connectivity index (χ4n) is 1.22. The first-order chi connectivity index (χ1) is 5.24. The van der Waals surface area contributed by atoms with Crippen LogP contribution >= 0.6 is 0 Å². The molecule has 2 heterocycles. The van der Waals surface area contributed by atoms with E-state index in [2.05, 4.69) is 0 Å². The Bertz CT molecular complexity index is 161. The Morgan fingerprint density at radius 2 is 1.91 bits per heavy atom. The summed E-state index contributed by atoms with van der Waals surface area (Å²) in [7, 11) is 1.41. The zero-order valence-electron chi connectivity index (χ0n) is 6.01. The molecule has 0 aromatic carbocycles. The van der Waals surface area contributed by atoms with Crippen molar-refractivity contribution in [2.24, 2.45) is 0 Å². The van der Waals surface area contributed by atoms with Gasteiger partial charge in [0.2, 0.25) is 0 Å². The van der Waals surface area contributed by atoms with Crippen LogP contribution < -0.4 is 0 Å². The van der Waals surface area contributed by atoms with E-state index in [1.54, 1.807) is 0 Å². The smallest absolute Gasteiger partial charge is 0.190 e. The van der Waals surface area contributed by atoms with E-state index in [0.717, 1.165) is 0 Å². The number of aliphatic hydroxyl groups excluding tert-OH is 2. The molecule has 0 saturated carbocycles. The average molecular weight is 162 g/mol. The van der Waals surface area contributed by atoms with Crippen molar-refractivity contribution in [3.8, 4) is 0 Å². The highest BCUT2D eigenvalue weighted by Crippen LogP contribution is 2.35. The predicted molar refractivity (Wildman–Crippen MR) is 32.6 cm³/mol. The molecule has 0 aliphatic carbocycles. The largest absolute Gasteiger partial charge is 0.387 e. The summed E-state index contributed by atoms with van der Waals surface area (Å²) in [4.78, 5) is 0. The topological polar surface area (TPSA) is 71.5 Å². The van der Waals surface area contributed by atoms with E-state index in [0.29, 0.717) is 0 Å². The highest BCUT2D eigenvalue weighted by atomic mass is 16.8. The van der Waals surface area contributed by atoms with Crippen LogP contribution in [0.5, 0.6) is 0 Å². The average Bonchev–Trinajstić information content (AvgIpc) is 2.75. The van der Waals surface area contributed by atoms with Gasteiger partial charge in [0.1, 0.15) is 18.3 Å². The maximum absolute atomic E-state index is 9.25. The fourth-order valence-corrected chi connectivity index (χ4v) is 1.22. The number of fused-ring (bicyclic) bond motifs is 1. The summed E-state index contributed by atoms with van der Waals surface area (Å²) in [5.74, 6) is 0. The molecule has 3 unspecified atom stereocenters. The molecule has 0 spiro atoms. The van der Waals surface area contributed by atoms with Gasteiger partial charge >= 0.3 is 0 Å². The van der Waals surface area contributed by atoms with Crippen LogP contribution in [0.15, 0.2) is 0 Å². The Morgan fingerprint density at radius 1 is 1.18 bits per heavy atom. The molecule has 0 aromatic rings. The molecule has 0 bridgehead atoms. The van der Waals surface area contributed by atoms with Crippen molar-refractivity contribution in [1.29, 1.82) is 0 Å². The van der Waals surface area contributed by atoms with E-state index in [1.165, 1.54) is 7.11 Å². The van der Waals surface area contributed by atoms with E-state index < -0.39 is 24.8 Å². The van der Waals surface area contributed by atoms with E-state index in [1.807, 2.05) is 0 Å². The molecule has 5 nitrogen and oxygen atoms in total. The molecule has 0 amide bonds. The van der Waals surface area contributed by atoms with Crippen LogP contribution in [-0.4, -0.2) is 48.2 Å². The number of epoxide rings is 1. The number of rotatable bonds is 1. The Hall–Kier alpha value is -0.200. The molecule has 0 radical (unpaired) electrons. The number of hydrogen-bond donors (Lipinski definition) is 2. The lowest BCUT2D eigenvalue weighted by Crippen LogP contribution is -2.48. The monoisotopic (exact) mass is 162 g/mol. The summed E-state index contributed by atoms with van der Waals surface area (Å²) in [5, 5.41) is 18.5. The Labute approximate surface area is 63.5 Å². The lowest BCUT2D eigenvalue weighted by Gasteiger charge is -2.27. The summed E-state index contributed by atoms with van der Waals surface area (Å²) in [5.41, 5.74) is 0. The lowest BCUT2D eigenvalue weighted by atomic mass is 10.1. The van der Waals surface area contributed by atoms with Gasteiger partial charge in [-0.1, -0.05) is 0 Å². The first-order valence-electron chi connectivity index (χ1n) is 3.44. The number of methoxy groups -OCH3 is 1.